The number of ether oxygens (including phenoxy) is 2. The summed E-state index contributed by atoms with van der Waals surface area (Å²) in [7, 11) is -1.48. The van der Waals surface area contributed by atoms with E-state index in [1.165, 1.54) is 18.3 Å². The van der Waals surface area contributed by atoms with Crippen LogP contribution >= 0.6 is 31.5 Å². The van der Waals surface area contributed by atoms with Crippen LogP contribution in [0.2, 0.25) is 10.0 Å². The molecule has 0 aliphatic carbocycles. The SMILES string of the molecule is C#CP(Nc1ccc(C(=O)NC(C(=O)NCC(=O)Nc2ccc(COC(=O)N3CCC(NC(=O)c4n[nH]cc4NC(=O)c4c(Cl)cccc4Cl)CC3)cc2)C(C)C)cc1)OC(C)(C)COC(C)C. The molecule has 0 saturated carbocycles. The molecule has 68 heavy (non-hydrogen) atoms. The van der Waals surface area contributed by atoms with E-state index in [1.54, 1.807) is 73.3 Å². The van der Waals surface area contributed by atoms with E-state index in [9.17, 15) is 28.8 Å². The topological polar surface area (TPSA) is 234 Å². The van der Waals surface area contributed by atoms with Crippen molar-refractivity contribution in [3.63, 3.8) is 0 Å². The van der Waals surface area contributed by atoms with Gasteiger partial charge in [-0.3, -0.25) is 29.1 Å². The Morgan fingerprint density at radius 3 is 2.16 bits per heavy atom. The summed E-state index contributed by atoms with van der Waals surface area (Å²) in [6, 6.07) is 16.8. The van der Waals surface area contributed by atoms with Gasteiger partial charge in [0.15, 0.2) is 5.69 Å². The Kier molecular flexibility index (Phi) is 19.2. The van der Waals surface area contributed by atoms with Crippen LogP contribution in [0.15, 0.2) is 72.9 Å². The first kappa shape index (κ1) is 52.7. The second-order valence-corrected chi connectivity index (χ2v) is 19.0. The zero-order chi connectivity index (χ0) is 49.5. The molecule has 1 saturated heterocycles. The van der Waals surface area contributed by atoms with E-state index in [-0.39, 0.29) is 58.2 Å². The fourth-order valence-electron chi connectivity index (χ4n) is 6.62. The van der Waals surface area contributed by atoms with Crippen LogP contribution in [0.3, 0.4) is 0 Å². The second-order valence-electron chi connectivity index (χ2n) is 17.0. The van der Waals surface area contributed by atoms with E-state index in [4.69, 9.17) is 43.6 Å². The molecule has 7 N–H and O–H groups in total. The van der Waals surface area contributed by atoms with Gasteiger partial charge in [0.2, 0.25) is 20.1 Å². The van der Waals surface area contributed by atoms with E-state index in [0.29, 0.717) is 55.0 Å². The number of terminal acetylenes is 1. The minimum absolute atomic E-state index is 0.0224. The average Bonchev–Trinajstić information content (AvgIpc) is 3.77. The summed E-state index contributed by atoms with van der Waals surface area (Å²) < 4.78 is 17.3. The molecule has 21 heteroatoms. The van der Waals surface area contributed by atoms with Gasteiger partial charge in [0, 0.05) is 42.3 Å². The summed E-state index contributed by atoms with van der Waals surface area (Å²) in [5, 5.41) is 23.7. The number of carbonyl (C=O) groups excluding carboxylic acids is 6. The van der Waals surface area contributed by atoms with Gasteiger partial charge in [0.25, 0.3) is 17.7 Å². The summed E-state index contributed by atoms with van der Waals surface area (Å²) in [4.78, 5) is 79.5. The molecule has 1 aliphatic heterocycles. The lowest BCUT2D eigenvalue weighted by Crippen LogP contribution is -2.51. The van der Waals surface area contributed by atoms with Crippen molar-refractivity contribution in [1.29, 1.82) is 0 Å². The van der Waals surface area contributed by atoms with Crippen molar-refractivity contribution >= 4 is 84.2 Å². The molecular weight excluding hydrogens is 936 g/mol. The highest BCUT2D eigenvalue weighted by molar-refractivity contribution is 7.59. The number of halogens is 2. The second kappa shape index (κ2) is 24.7. The maximum atomic E-state index is 13.2. The van der Waals surface area contributed by atoms with Crippen LogP contribution in [0.1, 0.15) is 91.2 Å². The molecule has 18 nitrogen and oxygen atoms in total. The van der Waals surface area contributed by atoms with Gasteiger partial charge in [-0.05, 0) is 106 Å². The molecule has 0 bridgehead atoms. The molecule has 1 fully saturated rings. The lowest BCUT2D eigenvalue weighted by atomic mass is 10.0. The summed E-state index contributed by atoms with van der Waals surface area (Å²) in [5.74, 6) is -2.89. The predicted octanol–water partition coefficient (Wildman–Crippen LogP) is 7.54. The lowest BCUT2D eigenvalue weighted by Gasteiger charge is -2.31. The third kappa shape index (κ3) is 15.7. The van der Waals surface area contributed by atoms with Crippen molar-refractivity contribution in [2.24, 2.45) is 5.92 Å². The summed E-state index contributed by atoms with van der Waals surface area (Å²) in [5.41, 5.74) is 4.30. The van der Waals surface area contributed by atoms with Crippen LogP contribution in [-0.4, -0.2) is 101 Å². The molecule has 0 radical (unpaired) electrons. The van der Waals surface area contributed by atoms with E-state index in [0.717, 1.165) is 0 Å². The monoisotopic (exact) mass is 991 g/mol. The number of anilines is 3. The Hall–Kier alpha value is -6.22. The number of H-pyrrole nitrogens is 1. The van der Waals surface area contributed by atoms with Crippen LogP contribution in [0.25, 0.3) is 0 Å². The molecule has 5 rings (SSSR count). The van der Waals surface area contributed by atoms with Gasteiger partial charge in [-0.2, -0.15) is 5.10 Å². The number of amides is 6. The minimum Gasteiger partial charge on any atom is -0.445 e. The predicted molar refractivity (Wildman–Crippen MR) is 261 cm³/mol. The zero-order valence-corrected chi connectivity index (χ0v) is 40.9. The molecule has 1 aromatic heterocycles. The molecule has 0 spiro atoms. The maximum Gasteiger partial charge on any atom is 0.410 e. The molecule has 2 unspecified atom stereocenters. The summed E-state index contributed by atoms with van der Waals surface area (Å²) in [6.45, 7) is 11.9. The fraction of sp³-hybridized carbons (Fsp3) is 0.383. The Bertz CT molecular complexity index is 2430. The molecule has 3 aromatic carbocycles. The number of nitrogens with zero attached hydrogens (tertiary/aromatic N) is 2. The van der Waals surface area contributed by atoms with Crippen LogP contribution in [0, 0.1) is 18.0 Å². The van der Waals surface area contributed by atoms with E-state index < -0.39 is 55.6 Å². The Balaban J connectivity index is 1.00. The Labute approximate surface area is 406 Å². The quantitative estimate of drug-likeness (QED) is 0.0338. The Morgan fingerprint density at radius 2 is 1.54 bits per heavy atom. The standard InChI is InChI=1S/C47H56Cl2N9O9P/c1-8-68(67-47(6,7)27-66-29(4)5)57-34-18-14-31(15-19-34)42(60)55-40(28(2)3)44(62)50-25-38(59)52-32-16-12-30(13-17-32)26-65-46(64)58-22-20-33(21-23-58)53-45(63)41-37(24-51-56-41)54-43(61)39-35(48)10-9-11-36(39)49/h1,9-19,24,28-29,33,40,57H,20-23,25-27H2,2-7H3,(H,50,62)(H,51,56)(H,52,59)(H,53,63)(H,54,61)(H,55,60). The van der Waals surface area contributed by atoms with Gasteiger partial charge in [-0.15, -0.1) is 6.42 Å². The van der Waals surface area contributed by atoms with Crippen molar-refractivity contribution < 1.29 is 42.8 Å². The first-order valence-electron chi connectivity index (χ1n) is 21.7. The smallest absolute Gasteiger partial charge is 0.410 e. The summed E-state index contributed by atoms with van der Waals surface area (Å²) in [6.07, 6.45) is 7.54. The highest BCUT2D eigenvalue weighted by atomic mass is 35.5. The molecule has 4 aromatic rings. The van der Waals surface area contributed by atoms with Gasteiger partial charge >= 0.3 is 6.09 Å². The van der Waals surface area contributed by atoms with Crippen molar-refractivity contribution in [2.45, 2.75) is 84.8 Å². The number of hydrogen-bond donors (Lipinski definition) is 7. The van der Waals surface area contributed by atoms with Gasteiger partial charge in [0.05, 0.1) is 46.2 Å². The number of aromatic nitrogens is 2. The first-order chi connectivity index (χ1) is 32.3. The third-order valence-corrected chi connectivity index (χ3v) is 12.2. The largest absolute Gasteiger partial charge is 0.445 e. The number of likely N-dealkylation sites (tertiary alicyclic amines) is 1. The van der Waals surface area contributed by atoms with Gasteiger partial charge < -0.3 is 50.6 Å². The number of aromatic amines is 1. The number of nitrogens with one attached hydrogen (secondary N) is 7. The Morgan fingerprint density at radius 1 is 0.897 bits per heavy atom. The van der Waals surface area contributed by atoms with E-state index >= 15 is 0 Å². The van der Waals surface area contributed by atoms with Crippen LogP contribution < -0.4 is 31.7 Å². The van der Waals surface area contributed by atoms with Gasteiger partial charge in [-0.1, -0.05) is 55.2 Å². The van der Waals surface area contributed by atoms with Crippen molar-refractivity contribution in [3.8, 4) is 12.1 Å². The normalized spacial score (nSPS) is 13.8. The minimum atomic E-state index is -1.48. The number of hydrogen-bond acceptors (Lipinski definition) is 11. The third-order valence-electron chi connectivity index (χ3n) is 10.2. The molecule has 2 atom stereocenters. The van der Waals surface area contributed by atoms with Crippen LogP contribution in [0.4, 0.5) is 21.9 Å². The highest BCUT2D eigenvalue weighted by Crippen LogP contribution is 2.41. The van der Waals surface area contributed by atoms with Gasteiger partial charge in [-0.25, -0.2) is 4.79 Å². The zero-order valence-electron chi connectivity index (χ0n) is 38.5. The number of piperidine rings is 1. The van der Waals surface area contributed by atoms with Crippen molar-refractivity contribution in [2.75, 3.05) is 42.0 Å². The van der Waals surface area contributed by atoms with E-state index in [2.05, 4.69) is 47.5 Å². The average molecular weight is 993 g/mol. The summed E-state index contributed by atoms with van der Waals surface area (Å²) >= 11 is 12.3. The number of benzene rings is 3. The molecule has 2 heterocycles. The number of carbonyl (C=O) groups is 6. The molecular formula is C47H56Cl2N9O9P. The highest BCUT2D eigenvalue weighted by Gasteiger charge is 2.29. The van der Waals surface area contributed by atoms with Crippen molar-refractivity contribution in [3.05, 3.63) is 105 Å². The fourth-order valence-corrected chi connectivity index (χ4v) is 8.28. The molecule has 1 aliphatic rings. The van der Waals surface area contributed by atoms with Crippen LogP contribution in [0.5, 0.6) is 0 Å². The van der Waals surface area contributed by atoms with Crippen molar-refractivity contribution in [1.82, 2.24) is 31.0 Å². The van der Waals surface area contributed by atoms with Gasteiger partial charge in [0.1, 0.15) is 12.6 Å². The number of rotatable bonds is 20. The van der Waals surface area contributed by atoms with E-state index in [1.807, 2.05) is 27.7 Å². The molecule has 6 amide bonds. The maximum absolute atomic E-state index is 13.2. The van der Waals surface area contributed by atoms with Crippen LogP contribution in [-0.2, 0) is 30.2 Å². The first-order valence-corrected chi connectivity index (χ1v) is 23.8. The lowest BCUT2D eigenvalue weighted by molar-refractivity contribution is -0.126. The molecule has 362 valence electrons.